The summed E-state index contributed by atoms with van der Waals surface area (Å²) in [5, 5.41) is 8.89. The van der Waals surface area contributed by atoms with Gasteiger partial charge in [0.15, 0.2) is 0 Å². The molecule has 0 spiro atoms. The van der Waals surface area contributed by atoms with Crippen molar-refractivity contribution in [2.45, 2.75) is 57.7 Å². The summed E-state index contributed by atoms with van der Waals surface area (Å²) in [6.07, 6.45) is 6.27. The number of alkyl halides is 3. The first kappa shape index (κ1) is 25.5. The van der Waals surface area contributed by atoms with E-state index in [1.54, 1.807) is 12.3 Å². The highest BCUT2D eigenvalue weighted by atomic mass is 32.2. The van der Waals surface area contributed by atoms with Gasteiger partial charge in [-0.1, -0.05) is 45.1 Å². The average molecular weight is 433 g/mol. The van der Waals surface area contributed by atoms with E-state index in [-0.39, 0.29) is 19.0 Å². The van der Waals surface area contributed by atoms with Crippen molar-refractivity contribution in [2.24, 2.45) is 10.7 Å². The highest BCUT2D eigenvalue weighted by Crippen LogP contribution is 2.39. The number of ether oxygens (including phenoxy) is 1. The summed E-state index contributed by atoms with van der Waals surface area (Å²) in [6, 6.07) is 3.43. The quantitative estimate of drug-likeness (QED) is 0.319. The number of thioether (sulfide) groups is 1. The van der Waals surface area contributed by atoms with E-state index in [4.69, 9.17) is 15.6 Å². The van der Waals surface area contributed by atoms with Crippen LogP contribution in [0.1, 0.15) is 56.6 Å². The van der Waals surface area contributed by atoms with Crippen LogP contribution in [0.15, 0.2) is 29.4 Å². The Labute approximate surface area is 175 Å². The second-order valence-electron chi connectivity index (χ2n) is 6.67. The number of aliphatic imine (C=N–C) groups is 1. The first-order valence-corrected chi connectivity index (χ1v) is 11.0. The van der Waals surface area contributed by atoms with Crippen LogP contribution in [0.4, 0.5) is 13.2 Å². The number of hydrogen-bond acceptors (Lipinski definition) is 5. The summed E-state index contributed by atoms with van der Waals surface area (Å²) < 4.78 is 46.0. The molecule has 8 heteroatoms. The Balaban J connectivity index is 2.88. The standard InChI is InChI=1S/C21H31F3N2O2S/c1-3-4-5-6-7-8-11-28-19-10-9-16(12-18(19)21(22,23)24)20(29-2)14-26-13-17(25)15-27/h9-10,12-14,17,27H,3-8,11,15,25H2,1-2H3/b20-14-,26-13?. The van der Waals surface area contributed by atoms with Crippen molar-refractivity contribution in [1.29, 1.82) is 0 Å². The highest BCUT2D eigenvalue weighted by Gasteiger charge is 2.35. The topological polar surface area (TPSA) is 67.8 Å². The molecule has 0 fully saturated rings. The number of nitrogens with two attached hydrogens (primary N) is 1. The predicted octanol–water partition coefficient (Wildman–Crippen LogP) is 5.50. The first-order chi connectivity index (χ1) is 13.8. The first-order valence-electron chi connectivity index (χ1n) is 9.81. The third-order valence-electron chi connectivity index (χ3n) is 4.23. The smallest absolute Gasteiger partial charge is 0.419 e. The molecular formula is C21H31F3N2O2S. The number of rotatable bonds is 13. The zero-order chi connectivity index (χ0) is 21.7. The van der Waals surface area contributed by atoms with Gasteiger partial charge in [0.05, 0.1) is 24.8 Å². The Bertz CT molecular complexity index is 664. The average Bonchev–Trinajstić information content (AvgIpc) is 2.69. The molecule has 4 nitrogen and oxygen atoms in total. The number of hydrogen-bond donors (Lipinski definition) is 2. The Morgan fingerprint density at radius 3 is 2.55 bits per heavy atom. The number of benzene rings is 1. The second-order valence-corrected chi connectivity index (χ2v) is 7.52. The van der Waals surface area contributed by atoms with Crippen LogP contribution in [0.25, 0.3) is 4.91 Å². The third-order valence-corrected chi connectivity index (χ3v) is 5.01. The van der Waals surface area contributed by atoms with Crippen LogP contribution in [0.3, 0.4) is 0 Å². The van der Waals surface area contributed by atoms with Gasteiger partial charge in [-0.05, 0) is 30.4 Å². The molecule has 0 saturated carbocycles. The Kier molecular flexibility index (Phi) is 12.0. The number of aliphatic hydroxyl groups excluding tert-OH is 1. The van der Waals surface area contributed by atoms with Gasteiger partial charge in [0, 0.05) is 17.3 Å². The number of halogens is 3. The van der Waals surface area contributed by atoms with Gasteiger partial charge in [0.25, 0.3) is 0 Å². The molecule has 0 heterocycles. The van der Waals surface area contributed by atoms with E-state index in [1.807, 2.05) is 0 Å². The molecule has 0 saturated heterocycles. The number of unbranched alkanes of at least 4 members (excludes halogenated alkanes) is 5. The van der Waals surface area contributed by atoms with E-state index in [1.165, 1.54) is 36.7 Å². The number of nitrogens with zero attached hydrogens (tertiary/aromatic N) is 1. The molecular weight excluding hydrogens is 401 g/mol. The van der Waals surface area contributed by atoms with Crippen LogP contribution in [-0.4, -0.2) is 36.8 Å². The maximum atomic E-state index is 13.5. The molecule has 3 N–H and O–H groups in total. The minimum absolute atomic E-state index is 0.152. The summed E-state index contributed by atoms with van der Waals surface area (Å²) in [6.45, 7) is 2.15. The summed E-state index contributed by atoms with van der Waals surface area (Å²) in [5.74, 6) is -0.152. The van der Waals surface area contributed by atoms with Crippen LogP contribution >= 0.6 is 11.8 Å². The molecule has 0 aromatic heterocycles. The van der Waals surface area contributed by atoms with Gasteiger partial charge < -0.3 is 15.6 Å². The van der Waals surface area contributed by atoms with Gasteiger partial charge in [-0.3, -0.25) is 4.99 Å². The van der Waals surface area contributed by atoms with Gasteiger partial charge >= 0.3 is 6.18 Å². The molecule has 0 aliphatic carbocycles. The molecule has 1 aromatic rings. The summed E-state index contributed by atoms with van der Waals surface area (Å²) in [4.78, 5) is 4.54. The van der Waals surface area contributed by atoms with E-state index >= 15 is 0 Å². The van der Waals surface area contributed by atoms with E-state index in [0.29, 0.717) is 10.5 Å². The van der Waals surface area contributed by atoms with Crippen LogP contribution in [0.5, 0.6) is 5.75 Å². The lowest BCUT2D eigenvalue weighted by atomic mass is 10.1. The van der Waals surface area contributed by atoms with Crippen LogP contribution in [0.2, 0.25) is 0 Å². The molecule has 1 aromatic carbocycles. The Morgan fingerprint density at radius 2 is 1.93 bits per heavy atom. The number of aliphatic hydroxyl groups is 1. The molecule has 1 unspecified atom stereocenters. The second kappa shape index (κ2) is 13.7. The monoisotopic (exact) mass is 432 g/mol. The predicted molar refractivity (Wildman–Crippen MR) is 115 cm³/mol. The molecule has 0 bridgehead atoms. The lowest BCUT2D eigenvalue weighted by Crippen LogP contribution is -2.25. The van der Waals surface area contributed by atoms with Gasteiger partial charge in [0.2, 0.25) is 0 Å². The molecule has 1 atom stereocenters. The molecule has 0 aliphatic rings. The highest BCUT2D eigenvalue weighted by molar-refractivity contribution is 8.07. The van der Waals surface area contributed by atoms with E-state index < -0.39 is 17.8 Å². The van der Waals surface area contributed by atoms with Crippen molar-refractivity contribution in [1.82, 2.24) is 0 Å². The fraction of sp³-hybridized carbons (Fsp3) is 0.571. The molecule has 29 heavy (non-hydrogen) atoms. The lowest BCUT2D eigenvalue weighted by Gasteiger charge is -2.16. The maximum absolute atomic E-state index is 13.5. The zero-order valence-electron chi connectivity index (χ0n) is 17.0. The van der Waals surface area contributed by atoms with Gasteiger partial charge in [-0.2, -0.15) is 13.2 Å². The van der Waals surface area contributed by atoms with E-state index in [9.17, 15) is 13.2 Å². The summed E-state index contributed by atoms with van der Waals surface area (Å²) >= 11 is 1.27. The summed E-state index contributed by atoms with van der Waals surface area (Å²) in [7, 11) is 0. The van der Waals surface area contributed by atoms with Crippen molar-refractivity contribution in [2.75, 3.05) is 19.5 Å². The van der Waals surface area contributed by atoms with Crippen molar-refractivity contribution in [3.63, 3.8) is 0 Å². The SMILES string of the molecule is CCCCCCCCOc1ccc(/C(=C/N=CC(N)CO)SC)cc1C(F)(F)F. The van der Waals surface area contributed by atoms with Gasteiger partial charge in [0.1, 0.15) is 5.75 Å². The lowest BCUT2D eigenvalue weighted by molar-refractivity contribution is -0.139. The zero-order valence-corrected chi connectivity index (χ0v) is 17.9. The normalized spacial score (nSPS) is 13.8. The fourth-order valence-electron chi connectivity index (χ4n) is 2.61. The van der Waals surface area contributed by atoms with Crippen LogP contribution in [-0.2, 0) is 6.18 Å². The van der Waals surface area contributed by atoms with Gasteiger partial charge in [-0.15, -0.1) is 11.8 Å². The molecule has 0 aliphatic heterocycles. The van der Waals surface area contributed by atoms with Gasteiger partial charge in [-0.25, -0.2) is 0 Å². The molecule has 1 rings (SSSR count). The largest absolute Gasteiger partial charge is 0.493 e. The van der Waals surface area contributed by atoms with Crippen molar-refractivity contribution in [3.05, 3.63) is 35.5 Å². The minimum atomic E-state index is -4.52. The molecule has 164 valence electrons. The van der Waals surface area contributed by atoms with E-state index in [2.05, 4.69) is 11.9 Å². The summed E-state index contributed by atoms with van der Waals surface area (Å²) in [5.41, 5.74) is 5.13. The maximum Gasteiger partial charge on any atom is 0.419 e. The minimum Gasteiger partial charge on any atom is -0.493 e. The fourth-order valence-corrected chi connectivity index (χ4v) is 3.14. The molecule has 0 amide bonds. The third kappa shape index (κ3) is 9.69. The Morgan fingerprint density at radius 1 is 1.24 bits per heavy atom. The van der Waals surface area contributed by atoms with E-state index in [0.717, 1.165) is 38.2 Å². The molecule has 0 radical (unpaired) electrons. The van der Waals surface area contributed by atoms with Crippen LogP contribution < -0.4 is 10.5 Å². The van der Waals surface area contributed by atoms with Crippen molar-refractivity contribution < 1.29 is 23.0 Å². The van der Waals surface area contributed by atoms with Crippen molar-refractivity contribution >= 4 is 22.9 Å². The van der Waals surface area contributed by atoms with Crippen molar-refractivity contribution in [3.8, 4) is 5.75 Å². The van der Waals surface area contributed by atoms with Crippen LogP contribution in [0, 0.1) is 0 Å². The Hall–Kier alpha value is -1.51.